The monoisotopic (exact) mass is 283 g/mol. The number of benzene rings is 1. The van der Waals surface area contributed by atoms with E-state index in [1.165, 1.54) is 12.1 Å². The van der Waals surface area contributed by atoms with Crippen LogP contribution in [0.15, 0.2) is 36.8 Å². The van der Waals surface area contributed by atoms with Gasteiger partial charge in [-0.15, -0.1) is 0 Å². The summed E-state index contributed by atoms with van der Waals surface area (Å²) in [5, 5.41) is 0. The number of nitrogens with zero attached hydrogens (tertiary/aromatic N) is 2. The predicted molar refractivity (Wildman–Crippen MR) is 70.0 cm³/mol. The molecule has 0 saturated heterocycles. The van der Waals surface area contributed by atoms with Crippen LogP contribution < -0.4 is 0 Å². The SMILES string of the molecule is CN(Cc1ccc(CC(F)(F)F)cc1)Cc1cnc[nH]1. The molecule has 0 aliphatic carbocycles. The summed E-state index contributed by atoms with van der Waals surface area (Å²) in [5.74, 6) is 0. The first kappa shape index (κ1) is 14.6. The number of H-pyrrole nitrogens is 1. The van der Waals surface area contributed by atoms with Gasteiger partial charge in [-0.1, -0.05) is 24.3 Å². The van der Waals surface area contributed by atoms with Crippen LogP contribution in [0.3, 0.4) is 0 Å². The first-order valence-corrected chi connectivity index (χ1v) is 6.23. The molecule has 0 unspecified atom stereocenters. The molecule has 1 aromatic carbocycles. The van der Waals surface area contributed by atoms with Gasteiger partial charge in [0.15, 0.2) is 0 Å². The fourth-order valence-electron chi connectivity index (χ4n) is 2.02. The molecule has 0 atom stereocenters. The first-order chi connectivity index (χ1) is 9.42. The maximum absolute atomic E-state index is 12.2. The minimum atomic E-state index is -4.15. The van der Waals surface area contributed by atoms with Gasteiger partial charge in [0, 0.05) is 25.0 Å². The van der Waals surface area contributed by atoms with Crippen LogP contribution in [-0.2, 0) is 19.5 Å². The maximum Gasteiger partial charge on any atom is 0.393 e. The second kappa shape index (κ2) is 6.09. The Balaban J connectivity index is 1.90. The zero-order valence-electron chi connectivity index (χ0n) is 11.1. The zero-order valence-corrected chi connectivity index (χ0v) is 11.1. The minimum Gasteiger partial charge on any atom is -0.347 e. The minimum absolute atomic E-state index is 0.289. The third-order valence-electron chi connectivity index (χ3n) is 2.88. The van der Waals surface area contributed by atoms with Crippen LogP contribution in [-0.4, -0.2) is 28.1 Å². The number of imidazole rings is 1. The molecule has 3 nitrogen and oxygen atoms in total. The molecule has 2 rings (SSSR count). The summed E-state index contributed by atoms with van der Waals surface area (Å²) in [6.07, 6.45) is -1.66. The van der Waals surface area contributed by atoms with Gasteiger partial charge in [0.25, 0.3) is 0 Å². The third kappa shape index (κ3) is 4.70. The van der Waals surface area contributed by atoms with Gasteiger partial charge in [0.1, 0.15) is 0 Å². The van der Waals surface area contributed by atoms with Gasteiger partial charge in [-0.3, -0.25) is 4.90 Å². The molecule has 0 aliphatic heterocycles. The van der Waals surface area contributed by atoms with Crippen LogP contribution >= 0.6 is 0 Å². The van der Waals surface area contributed by atoms with Gasteiger partial charge in [-0.25, -0.2) is 4.98 Å². The van der Waals surface area contributed by atoms with Crippen molar-refractivity contribution < 1.29 is 13.2 Å². The summed E-state index contributed by atoms with van der Waals surface area (Å²) in [6, 6.07) is 6.55. The largest absolute Gasteiger partial charge is 0.393 e. The van der Waals surface area contributed by atoms with E-state index >= 15 is 0 Å². The maximum atomic E-state index is 12.2. The summed E-state index contributed by atoms with van der Waals surface area (Å²) < 4.78 is 36.7. The van der Waals surface area contributed by atoms with E-state index in [0.29, 0.717) is 13.1 Å². The highest BCUT2D eigenvalue weighted by molar-refractivity contribution is 5.23. The van der Waals surface area contributed by atoms with Crippen LogP contribution in [0.1, 0.15) is 16.8 Å². The molecule has 0 spiro atoms. The molecule has 1 N–H and O–H groups in total. The lowest BCUT2D eigenvalue weighted by atomic mass is 10.1. The molecule has 0 fully saturated rings. The Bertz CT molecular complexity index is 518. The van der Waals surface area contributed by atoms with E-state index in [2.05, 4.69) is 14.9 Å². The molecule has 2 aromatic rings. The Morgan fingerprint density at radius 3 is 2.30 bits per heavy atom. The molecular formula is C14H16F3N3. The van der Waals surface area contributed by atoms with Crippen molar-refractivity contribution in [1.29, 1.82) is 0 Å². The van der Waals surface area contributed by atoms with Gasteiger partial charge in [0.2, 0.25) is 0 Å². The van der Waals surface area contributed by atoms with Crippen molar-refractivity contribution >= 4 is 0 Å². The van der Waals surface area contributed by atoms with Crippen molar-refractivity contribution in [3.05, 3.63) is 53.6 Å². The number of alkyl halides is 3. The molecule has 0 radical (unpaired) electrons. The number of hydrogen-bond acceptors (Lipinski definition) is 2. The van der Waals surface area contributed by atoms with Crippen LogP contribution in [0.2, 0.25) is 0 Å². The Morgan fingerprint density at radius 2 is 1.75 bits per heavy atom. The molecule has 1 heterocycles. The van der Waals surface area contributed by atoms with Crippen LogP contribution in [0.4, 0.5) is 13.2 Å². The van der Waals surface area contributed by atoms with Gasteiger partial charge in [-0.2, -0.15) is 13.2 Å². The standard InChI is InChI=1S/C14H16F3N3/c1-20(9-13-7-18-10-19-13)8-12-4-2-11(3-5-12)6-14(15,16)17/h2-5,7,10H,6,8-9H2,1H3,(H,18,19). The van der Waals surface area contributed by atoms with Gasteiger partial charge in [0.05, 0.1) is 12.7 Å². The predicted octanol–water partition coefficient (Wildman–Crippen LogP) is 3.15. The lowest BCUT2D eigenvalue weighted by Gasteiger charge is -2.16. The normalized spacial score (nSPS) is 12.1. The smallest absolute Gasteiger partial charge is 0.347 e. The molecule has 0 saturated carbocycles. The fraction of sp³-hybridized carbons (Fsp3) is 0.357. The lowest BCUT2D eigenvalue weighted by molar-refractivity contribution is -0.127. The number of halogens is 3. The molecule has 1 aromatic heterocycles. The van der Waals surface area contributed by atoms with Crippen molar-refractivity contribution in [3.63, 3.8) is 0 Å². The Kier molecular flexibility index (Phi) is 4.44. The van der Waals surface area contributed by atoms with E-state index in [1.54, 1.807) is 24.7 Å². The molecule has 0 bridgehead atoms. The van der Waals surface area contributed by atoms with Crippen LogP contribution in [0.5, 0.6) is 0 Å². The number of rotatable bonds is 5. The Morgan fingerprint density at radius 1 is 1.10 bits per heavy atom. The average Bonchev–Trinajstić information content (AvgIpc) is 2.82. The quantitative estimate of drug-likeness (QED) is 0.914. The highest BCUT2D eigenvalue weighted by Gasteiger charge is 2.27. The highest BCUT2D eigenvalue weighted by atomic mass is 19.4. The zero-order chi connectivity index (χ0) is 14.6. The molecular weight excluding hydrogens is 267 g/mol. The fourth-order valence-corrected chi connectivity index (χ4v) is 2.02. The second-order valence-corrected chi connectivity index (χ2v) is 4.86. The topological polar surface area (TPSA) is 31.9 Å². The van der Waals surface area contributed by atoms with Gasteiger partial charge in [-0.05, 0) is 18.2 Å². The van der Waals surface area contributed by atoms with E-state index in [1.807, 2.05) is 7.05 Å². The number of hydrogen-bond donors (Lipinski definition) is 1. The summed E-state index contributed by atoms with van der Waals surface area (Å²) >= 11 is 0. The van der Waals surface area contributed by atoms with E-state index in [0.717, 1.165) is 11.3 Å². The summed E-state index contributed by atoms with van der Waals surface area (Å²) in [7, 11) is 1.95. The summed E-state index contributed by atoms with van der Waals surface area (Å²) in [5.41, 5.74) is 2.27. The summed E-state index contributed by atoms with van der Waals surface area (Å²) in [4.78, 5) is 9.01. The molecule has 0 aliphatic rings. The van der Waals surface area contributed by atoms with Gasteiger partial charge >= 0.3 is 6.18 Å². The third-order valence-corrected chi connectivity index (χ3v) is 2.88. The van der Waals surface area contributed by atoms with Crippen LogP contribution in [0.25, 0.3) is 0 Å². The van der Waals surface area contributed by atoms with Crippen molar-refractivity contribution in [2.45, 2.75) is 25.7 Å². The van der Waals surface area contributed by atoms with E-state index in [9.17, 15) is 13.2 Å². The Labute approximate surface area is 115 Å². The van der Waals surface area contributed by atoms with Crippen LogP contribution in [0, 0.1) is 0 Å². The second-order valence-electron chi connectivity index (χ2n) is 4.86. The average molecular weight is 283 g/mol. The van der Waals surface area contributed by atoms with Gasteiger partial charge < -0.3 is 4.98 Å². The summed E-state index contributed by atoms with van der Waals surface area (Å²) in [6.45, 7) is 1.38. The molecule has 20 heavy (non-hydrogen) atoms. The number of aromatic nitrogens is 2. The number of aromatic amines is 1. The molecule has 108 valence electrons. The first-order valence-electron chi connectivity index (χ1n) is 6.23. The molecule has 0 amide bonds. The van der Waals surface area contributed by atoms with E-state index in [-0.39, 0.29) is 5.56 Å². The van der Waals surface area contributed by atoms with Crippen molar-refractivity contribution in [2.75, 3.05) is 7.05 Å². The van der Waals surface area contributed by atoms with Crippen molar-refractivity contribution in [3.8, 4) is 0 Å². The van der Waals surface area contributed by atoms with Crippen molar-refractivity contribution in [2.24, 2.45) is 0 Å². The van der Waals surface area contributed by atoms with E-state index in [4.69, 9.17) is 0 Å². The highest BCUT2D eigenvalue weighted by Crippen LogP contribution is 2.21. The van der Waals surface area contributed by atoms with Crippen molar-refractivity contribution in [1.82, 2.24) is 14.9 Å². The molecule has 6 heteroatoms. The number of nitrogens with one attached hydrogen (secondary N) is 1. The Hall–Kier alpha value is -1.82. The lowest BCUT2D eigenvalue weighted by Crippen LogP contribution is -2.17. The van der Waals surface area contributed by atoms with E-state index < -0.39 is 12.6 Å².